The summed E-state index contributed by atoms with van der Waals surface area (Å²) in [6.45, 7) is 5.59. The smallest absolute Gasteiger partial charge is 0.193 e. The number of aliphatic imine (C=N–C) groups is 1. The minimum Gasteiger partial charge on any atom is -0.356 e. The van der Waals surface area contributed by atoms with Gasteiger partial charge in [-0.1, -0.05) is 6.92 Å². The van der Waals surface area contributed by atoms with Crippen molar-refractivity contribution in [3.63, 3.8) is 0 Å². The molecule has 3 aliphatic rings. The first-order chi connectivity index (χ1) is 11.2. The minimum absolute atomic E-state index is 0. The highest BCUT2D eigenvalue weighted by Crippen LogP contribution is 2.60. The van der Waals surface area contributed by atoms with E-state index in [9.17, 15) is 0 Å². The Labute approximate surface area is 162 Å². The Kier molecular flexibility index (Phi) is 5.42. The fourth-order valence-electron chi connectivity index (χ4n) is 4.27. The zero-order valence-corrected chi connectivity index (χ0v) is 17.1. The zero-order chi connectivity index (χ0) is 15.9. The molecule has 24 heavy (non-hydrogen) atoms. The van der Waals surface area contributed by atoms with Gasteiger partial charge in [-0.2, -0.15) is 0 Å². The molecule has 0 radical (unpaired) electrons. The standard InChI is InChI=1S/C18H29N5.HI/c1-14-5-9-22(11-16(14)23-10-8-20-13-23)17(19-2)21-12-18(6-7-18)15-3-4-15;/h8,10,13-16H,3-7,9,11-12H2,1-2H3,(H,19,21);1H. The van der Waals surface area contributed by atoms with Gasteiger partial charge in [0.05, 0.1) is 12.4 Å². The van der Waals surface area contributed by atoms with Crippen molar-refractivity contribution in [1.29, 1.82) is 0 Å². The number of nitrogens with zero attached hydrogens (tertiary/aromatic N) is 4. The number of imidazole rings is 1. The average Bonchev–Trinajstić information content (AvgIpc) is 3.48. The molecule has 0 aromatic carbocycles. The van der Waals surface area contributed by atoms with Gasteiger partial charge >= 0.3 is 0 Å². The fourth-order valence-corrected chi connectivity index (χ4v) is 4.27. The molecule has 1 aromatic heterocycles. The van der Waals surface area contributed by atoms with Crippen LogP contribution in [0.2, 0.25) is 0 Å². The number of hydrogen-bond acceptors (Lipinski definition) is 2. The van der Waals surface area contributed by atoms with Gasteiger partial charge in [0.25, 0.3) is 0 Å². The first kappa shape index (κ1) is 18.0. The van der Waals surface area contributed by atoms with Crippen LogP contribution in [-0.4, -0.2) is 47.1 Å². The van der Waals surface area contributed by atoms with Crippen LogP contribution >= 0.6 is 24.0 Å². The van der Waals surface area contributed by atoms with Crippen LogP contribution in [0.5, 0.6) is 0 Å². The maximum Gasteiger partial charge on any atom is 0.193 e. The molecule has 6 heteroatoms. The van der Waals surface area contributed by atoms with Gasteiger partial charge < -0.3 is 14.8 Å². The molecular weight excluding hydrogens is 413 g/mol. The second-order valence-corrected chi connectivity index (χ2v) is 7.83. The van der Waals surface area contributed by atoms with Gasteiger partial charge in [-0.05, 0) is 49.4 Å². The molecule has 1 aromatic rings. The molecule has 1 aliphatic heterocycles. The summed E-state index contributed by atoms with van der Waals surface area (Å²) < 4.78 is 2.26. The number of hydrogen-bond donors (Lipinski definition) is 1. The van der Waals surface area contributed by atoms with E-state index in [0.717, 1.165) is 31.5 Å². The van der Waals surface area contributed by atoms with Crippen molar-refractivity contribution in [2.24, 2.45) is 22.2 Å². The van der Waals surface area contributed by atoms with Crippen molar-refractivity contribution in [3.8, 4) is 0 Å². The van der Waals surface area contributed by atoms with Crippen LogP contribution in [0.4, 0.5) is 0 Å². The Bertz CT molecular complexity index is 562. The van der Waals surface area contributed by atoms with Gasteiger partial charge in [0.2, 0.25) is 0 Å². The highest BCUT2D eigenvalue weighted by molar-refractivity contribution is 14.0. The number of aromatic nitrogens is 2. The molecule has 3 fully saturated rings. The molecule has 2 unspecified atom stereocenters. The maximum atomic E-state index is 4.57. The normalized spacial score (nSPS) is 29.1. The predicted molar refractivity (Wildman–Crippen MR) is 108 cm³/mol. The Hall–Kier alpha value is -0.790. The third-order valence-electron chi connectivity index (χ3n) is 6.27. The Morgan fingerprint density at radius 3 is 2.71 bits per heavy atom. The van der Waals surface area contributed by atoms with Crippen molar-refractivity contribution >= 4 is 29.9 Å². The topological polar surface area (TPSA) is 45.5 Å². The van der Waals surface area contributed by atoms with Crippen LogP contribution in [0.15, 0.2) is 23.7 Å². The van der Waals surface area contributed by atoms with E-state index >= 15 is 0 Å². The number of halogens is 1. The van der Waals surface area contributed by atoms with Crippen LogP contribution in [-0.2, 0) is 0 Å². The number of guanidine groups is 1. The lowest BCUT2D eigenvalue weighted by Crippen LogP contribution is -2.50. The van der Waals surface area contributed by atoms with Crippen molar-refractivity contribution in [2.45, 2.75) is 45.1 Å². The summed E-state index contributed by atoms with van der Waals surface area (Å²) in [5.41, 5.74) is 0.614. The molecule has 4 rings (SSSR count). The lowest BCUT2D eigenvalue weighted by molar-refractivity contribution is 0.188. The van der Waals surface area contributed by atoms with E-state index in [-0.39, 0.29) is 24.0 Å². The summed E-state index contributed by atoms with van der Waals surface area (Å²) in [5.74, 6) is 2.77. The van der Waals surface area contributed by atoms with Crippen LogP contribution in [0, 0.1) is 17.3 Å². The van der Waals surface area contributed by atoms with Crippen molar-refractivity contribution in [2.75, 3.05) is 26.7 Å². The molecule has 2 atom stereocenters. The number of rotatable bonds is 4. The monoisotopic (exact) mass is 443 g/mol. The number of nitrogens with one attached hydrogen (secondary N) is 1. The molecule has 1 saturated heterocycles. The molecule has 2 saturated carbocycles. The predicted octanol–water partition coefficient (Wildman–Crippen LogP) is 3.15. The summed E-state index contributed by atoms with van der Waals surface area (Å²) in [4.78, 5) is 11.2. The molecule has 0 spiro atoms. The molecule has 1 N–H and O–H groups in total. The molecule has 2 aliphatic carbocycles. The number of likely N-dealkylation sites (tertiary alicyclic amines) is 1. The van der Waals surface area contributed by atoms with Gasteiger partial charge in [-0.15, -0.1) is 24.0 Å². The highest BCUT2D eigenvalue weighted by Gasteiger charge is 2.53. The van der Waals surface area contributed by atoms with Crippen molar-refractivity contribution in [1.82, 2.24) is 19.8 Å². The van der Waals surface area contributed by atoms with E-state index in [1.165, 1.54) is 32.1 Å². The van der Waals surface area contributed by atoms with Gasteiger partial charge in [-0.25, -0.2) is 4.98 Å². The largest absolute Gasteiger partial charge is 0.356 e. The Balaban J connectivity index is 0.00000169. The van der Waals surface area contributed by atoms with Crippen LogP contribution in [0.3, 0.4) is 0 Å². The van der Waals surface area contributed by atoms with Crippen LogP contribution in [0.1, 0.15) is 45.1 Å². The Morgan fingerprint density at radius 1 is 1.33 bits per heavy atom. The first-order valence-corrected chi connectivity index (χ1v) is 9.15. The summed E-state index contributed by atoms with van der Waals surface area (Å²) >= 11 is 0. The van der Waals surface area contributed by atoms with E-state index in [4.69, 9.17) is 0 Å². The SMILES string of the molecule is CN=C(NCC1(C2CC2)CC1)N1CCC(C)C(n2ccnc2)C1.I. The zero-order valence-electron chi connectivity index (χ0n) is 14.8. The minimum atomic E-state index is 0. The van der Waals surface area contributed by atoms with Gasteiger partial charge in [0, 0.05) is 39.1 Å². The third kappa shape index (κ3) is 3.58. The van der Waals surface area contributed by atoms with E-state index in [2.05, 4.69) is 37.9 Å². The van der Waals surface area contributed by atoms with E-state index < -0.39 is 0 Å². The van der Waals surface area contributed by atoms with Crippen LogP contribution < -0.4 is 5.32 Å². The van der Waals surface area contributed by atoms with E-state index in [1.807, 2.05) is 19.6 Å². The summed E-state index contributed by atoms with van der Waals surface area (Å²) in [6, 6.07) is 0.489. The van der Waals surface area contributed by atoms with E-state index in [1.54, 1.807) is 0 Å². The highest BCUT2D eigenvalue weighted by atomic mass is 127. The molecule has 0 amide bonds. The van der Waals surface area contributed by atoms with Crippen LogP contribution in [0.25, 0.3) is 0 Å². The van der Waals surface area contributed by atoms with Gasteiger partial charge in [0.15, 0.2) is 5.96 Å². The molecular formula is C18H30IN5. The summed E-state index contributed by atoms with van der Waals surface area (Å²) in [5, 5.41) is 3.69. The quantitative estimate of drug-likeness (QED) is 0.442. The fraction of sp³-hybridized carbons (Fsp3) is 0.778. The van der Waals surface area contributed by atoms with E-state index in [0.29, 0.717) is 17.4 Å². The second kappa shape index (κ2) is 7.22. The molecule has 5 nitrogen and oxygen atoms in total. The van der Waals surface area contributed by atoms with Gasteiger partial charge in [-0.3, -0.25) is 4.99 Å². The maximum absolute atomic E-state index is 4.57. The molecule has 2 heterocycles. The second-order valence-electron chi connectivity index (χ2n) is 7.83. The summed E-state index contributed by atoms with van der Waals surface area (Å²) in [7, 11) is 1.92. The first-order valence-electron chi connectivity index (χ1n) is 9.15. The molecule has 134 valence electrons. The number of piperidine rings is 1. The third-order valence-corrected chi connectivity index (χ3v) is 6.27. The lowest BCUT2D eigenvalue weighted by Gasteiger charge is -2.39. The molecule has 0 bridgehead atoms. The van der Waals surface area contributed by atoms with Gasteiger partial charge in [0.1, 0.15) is 0 Å². The van der Waals surface area contributed by atoms with Crippen molar-refractivity contribution < 1.29 is 0 Å². The average molecular weight is 443 g/mol. The van der Waals surface area contributed by atoms with Crippen molar-refractivity contribution in [3.05, 3.63) is 18.7 Å². The summed E-state index contributed by atoms with van der Waals surface area (Å²) in [6.07, 6.45) is 12.9. The Morgan fingerprint density at radius 2 is 2.12 bits per heavy atom. The lowest BCUT2D eigenvalue weighted by atomic mass is 9.93.